The van der Waals surface area contributed by atoms with Gasteiger partial charge in [0.1, 0.15) is 0 Å². The summed E-state index contributed by atoms with van der Waals surface area (Å²) in [6.07, 6.45) is 7.94. The SMILES string of the molecule is CCC(C)N(CC)CC1CCCCCC1N. The molecule has 0 saturated heterocycles. The lowest BCUT2D eigenvalue weighted by Gasteiger charge is -2.33. The zero-order valence-corrected chi connectivity index (χ0v) is 11.4. The third-order valence-corrected chi connectivity index (χ3v) is 4.31. The van der Waals surface area contributed by atoms with E-state index in [2.05, 4.69) is 25.7 Å². The van der Waals surface area contributed by atoms with Crippen molar-refractivity contribution in [3.05, 3.63) is 0 Å². The predicted molar refractivity (Wildman–Crippen MR) is 71.6 cm³/mol. The van der Waals surface area contributed by atoms with E-state index in [1.54, 1.807) is 0 Å². The Labute approximate surface area is 102 Å². The van der Waals surface area contributed by atoms with Crippen molar-refractivity contribution in [1.82, 2.24) is 4.90 Å². The van der Waals surface area contributed by atoms with Gasteiger partial charge < -0.3 is 10.6 Å². The van der Waals surface area contributed by atoms with Crippen molar-refractivity contribution in [3.8, 4) is 0 Å². The molecule has 0 bridgehead atoms. The first-order chi connectivity index (χ1) is 7.69. The van der Waals surface area contributed by atoms with E-state index < -0.39 is 0 Å². The lowest BCUT2D eigenvalue weighted by Crippen LogP contribution is -2.42. The van der Waals surface area contributed by atoms with Crippen LogP contribution in [0.5, 0.6) is 0 Å². The molecule has 2 heteroatoms. The van der Waals surface area contributed by atoms with Gasteiger partial charge in [0, 0.05) is 18.6 Å². The van der Waals surface area contributed by atoms with Crippen molar-refractivity contribution < 1.29 is 0 Å². The van der Waals surface area contributed by atoms with Crippen LogP contribution < -0.4 is 5.73 Å². The molecule has 0 radical (unpaired) electrons. The molecule has 0 aromatic carbocycles. The second-order valence-electron chi connectivity index (χ2n) is 5.41. The summed E-state index contributed by atoms with van der Waals surface area (Å²) in [6.45, 7) is 9.27. The van der Waals surface area contributed by atoms with Crippen LogP contribution in [-0.4, -0.2) is 30.1 Å². The highest BCUT2D eigenvalue weighted by Gasteiger charge is 2.23. The average Bonchev–Trinajstić information content (AvgIpc) is 2.50. The molecule has 0 aliphatic heterocycles. The van der Waals surface area contributed by atoms with Crippen LogP contribution in [-0.2, 0) is 0 Å². The van der Waals surface area contributed by atoms with Crippen molar-refractivity contribution in [2.24, 2.45) is 11.7 Å². The first-order valence-corrected chi connectivity index (χ1v) is 7.18. The Kier molecular flexibility index (Phi) is 6.37. The number of nitrogens with zero attached hydrogens (tertiary/aromatic N) is 1. The Bertz CT molecular complexity index is 182. The summed E-state index contributed by atoms with van der Waals surface area (Å²) in [4.78, 5) is 2.61. The van der Waals surface area contributed by atoms with E-state index in [0.717, 1.165) is 12.5 Å². The highest BCUT2D eigenvalue weighted by molar-refractivity contribution is 4.80. The van der Waals surface area contributed by atoms with Crippen molar-refractivity contribution in [1.29, 1.82) is 0 Å². The molecule has 0 aromatic rings. The fourth-order valence-corrected chi connectivity index (χ4v) is 2.82. The second kappa shape index (κ2) is 7.29. The molecule has 3 unspecified atom stereocenters. The summed E-state index contributed by atoms with van der Waals surface area (Å²) in [7, 11) is 0. The maximum atomic E-state index is 6.30. The van der Waals surface area contributed by atoms with E-state index in [1.807, 2.05) is 0 Å². The lowest BCUT2D eigenvalue weighted by atomic mass is 9.94. The monoisotopic (exact) mass is 226 g/mol. The van der Waals surface area contributed by atoms with Crippen LogP contribution in [0.2, 0.25) is 0 Å². The maximum Gasteiger partial charge on any atom is 0.00793 e. The van der Waals surface area contributed by atoms with E-state index in [-0.39, 0.29) is 0 Å². The van der Waals surface area contributed by atoms with Crippen LogP contribution in [0.25, 0.3) is 0 Å². The van der Waals surface area contributed by atoms with Gasteiger partial charge in [-0.2, -0.15) is 0 Å². The zero-order valence-electron chi connectivity index (χ0n) is 11.4. The summed E-state index contributed by atoms with van der Waals surface area (Å²) < 4.78 is 0. The van der Waals surface area contributed by atoms with E-state index in [9.17, 15) is 0 Å². The Hall–Kier alpha value is -0.0800. The molecule has 0 aromatic heterocycles. The van der Waals surface area contributed by atoms with Gasteiger partial charge in [-0.05, 0) is 38.6 Å². The van der Waals surface area contributed by atoms with Crippen LogP contribution in [0.15, 0.2) is 0 Å². The maximum absolute atomic E-state index is 6.30. The van der Waals surface area contributed by atoms with E-state index in [1.165, 1.54) is 45.1 Å². The van der Waals surface area contributed by atoms with Crippen molar-refractivity contribution >= 4 is 0 Å². The quantitative estimate of drug-likeness (QED) is 0.730. The zero-order chi connectivity index (χ0) is 12.0. The number of hydrogen-bond donors (Lipinski definition) is 1. The molecular formula is C14H30N2. The fourth-order valence-electron chi connectivity index (χ4n) is 2.82. The van der Waals surface area contributed by atoms with Gasteiger partial charge >= 0.3 is 0 Å². The smallest absolute Gasteiger partial charge is 0.00793 e. The van der Waals surface area contributed by atoms with Crippen molar-refractivity contribution in [2.45, 2.75) is 71.4 Å². The molecular weight excluding hydrogens is 196 g/mol. The summed E-state index contributed by atoms with van der Waals surface area (Å²) in [5.41, 5.74) is 6.30. The van der Waals surface area contributed by atoms with Crippen LogP contribution >= 0.6 is 0 Å². The van der Waals surface area contributed by atoms with Gasteiger partial charge in [0.05, 0.1) is 0 Å². The van der Waals surface area contributed by atoms with Crippen molar-refractivity contribution in [3.63, 3.8) is 0 Å². The van der Waals surface area contributed by atoms with Crippen LogP contribution in [0.3, 0.4) is 0 Å². The molecule has 0 heterocycles. The third-order valence-electron chi connectivity index (χ3n) is 4.31. The molecule has 1 rings (SSSR count). The standard InChI is InChI=1S/C14H30N2/c1-4-12(3)16(5-2)11-13-9-7-6-8-10-14(13)15/h12-14H,4-11,15H2,1-3H3. The van der Waals surface area contributed by atoms with Crippen LogP contribution in [0.4, 0.5) is 0 Å². The fraction of sp³-hybridized carbons (Fsp3) is 1.00. The molecule has 0 amide bonds. The second-order valence-corrected chi connectivity index (χ2v) is 5.41. The number of hydrogen-bond acceptors (Lipinski definition) is 2. The van der Waals surface area contributed by atoms with Gasteiger partial charge in [-0.1, -0.05) is 33.1 Å². The Morgan fingerprint density at radius 2 is 1.88 bits per heavy atom. The van der Waals surface area contributed by atoms with Crippen LogP contribution in [0.1, 0.15) is 59.3 Å². The summed E-state index contributed by atoms with van der Waals surface area (Å²) in [5, 5.41) is 0. The van der Waals surface area contributed by atoms with E-state index in [4.69, 9.17) is 5.73 Å². The average molecular weight is 226 g/mol. The number of rotatable bonds is 5. The van der Waals surface area contributed by atoms with Gasteiger partial charge in [-0.3, -0.25) is 0 Å². The minimum atomic E-state index is 0.445. The molecule has 96 valence electrons. The molecule has 3 atom stereocenters. The molecule has 1 fully saturated rings. The van der Waals surface area contributed by atoms with Crippen LogP contribution in [0, 0.1) is 5.92 Å². The normalized spacial score (nSPS) is 29.1. The number of nitrogens with two attached hydrogens (primary N) is 1. The lowest BCUT2D eigenvalue weighted by molar-refractivity contribution is 0.165. The predicted octanol–water partition coefficient (Wildman–Crippen LogP) is 3.01. The van der Waals surface area contributed by atoms with E-state index in [0.29, 0.717) is 12.1 Å². The van der Waals surface area contributed by atoms with Gasteiger partial charge in [-0.25, -0.2) is 0 Å². The molecule has 1 saturated carbocycles. The minimum absolute atomic E-state index is 0.445. The van der Waals surface area contributed by atoms with Gasteiger partial charge in [0.15, 0.2) is 0 Å². The van der Waals surface area contributed by atoms with Gasteiger partial charge in [0.2, 0.25) is 0 Å². The highest BCUT2D eigenvalue weighted by atomic mass is 15.1. The molecule has 16 heavy (non-hydrogen) atoms. The molecule has 1 aliphatic carbocycles. The first kappa shape index (κ1) is 14.0. The molecule has 1 aliphatic rings. The molecule has 2 N–H and O–H groups in total. The minimum Gasteiger partial charge on any atom is -0.327 e. The van der Waals surface area contributed by atoms with E-state index >= 15 is 0 Å². The Morgan fingerprint density at radius 1 is 1.19 bits per heavy atom. The largest absolute Gasteiger partial charge is 0.327 e. The molecule has 2 nitrogen and oxygen atoms in total. The topological polar surface area (TPSA) is 29.3 Å². The summed E-state index contributed by atoms with van der Waals surface area (Å²) in [6, 6.07) is 1.15. The highest BCUT2D eigenvalue weighted by Crippen LogP contribution is 2.23. The molecule has 0 spiro atoms. The van der Waals surface area contributed by atoms with Gasteiger partial charge in [0.25, 0.3) is 0 Å². The summed E-state index contributed by atoms with van der Waals surface area (Å²) in [5.74, 6) is 0.733. The van der Waals surface area contributed by atoms with Crippen molar-refractivity contribution in [2.75, 3.05) is 13.1 Å². The Morgan fingerprint density at radius 3 is 2.50 bits per heavy atom. The first-order valence-electron chi connectivity index (χ1n) is 7.18. The summed E-state index contributed by atoms with van der Waals surface area (Å²) >= 11 is 0. The third kappa shape index (κ3) is 4.06. The Balaban J connectivity index is 2.48. The van der Waals surface area contributed by atoms with Gasteiger partial charge in [-0.15, -0.1) is 0 Å².